The second kappa shape index (κ2) is 4.16. The number of hydrogen-bond acceptors (Lipinski definition) is 4. The minimum absolute atomic E-state index is 0.123. The van der Waals surface area contributed by atoms with E-state index in [2.05, 4.69) is 10.1 Å². The molecule has 0 saturated heterocycles. The topological polar surface area (TPSA) is 57.0 Å². The summed E-state index contributed by atoms with van der Waals surface area (Å²) in [6.07, 6.45) is 7.58. The molecule has 5 nitrogen and oxygen atoms in total. The predicted molar refractivity (Wildman–Crippen MR) is 71.5 cm³/mol. The van der Waals surface area contributed by atoms with Gasteiger partial charge < -0.3 is 4.74 Å². The van der Waals surface area contributed by atoms with Gasteiger partial charge in [-0.15, -0.1) is 0 Å². The Kier molecular flexibility index (Phi) is 2.42. The van der Waals surface area contributed by atoms with Crippen molar-refractivity contribution < 1.29 is 9.53 Å². The summed E-state index contributed by atoms with van der Waals surface area (Å²) in [6.45, 7) is 0. The van der Waals surface area contributed by atoms with Gasteiger partial charge in [-0.25, -0.2) is 14.5 Å². The van der Waals surface area contributed by atoms with E-state index in [-0.39, 0.29) is 11.6 Å². The third kappa shape index (κ3) is 1.99. The lowest BCUT2D eigenvalue weighted by atomic mass is 10.2. The van der Waals surface area contributed by atoms with Gasteiger partial charge in [0.15, 0.2) is 0 Å². The maximum atomic E-state index is 12.2. The number of esters is 1. The van der Waals surface area contributed by atoms with Crippen molar-refractivity contribution in [1.29, 1.82) is 0 Å². The number of carbonyl (C=O) groups excluding carboxylic acids is 1. The molecule has 0 N–H and O–H groups in total. The molecule has 2 aliphatic rings. The Balaban J connectivity index is 1.49. The monoisotopic (exact) mass is 269 g/mol. The Morgan fingerprint density at radius 3 is 2.55 bits per heavy atom. The lowest BCUT2D eigenvalue weighted by molar-refractivity contribution is 0.0160. The summed E-state index contributed by atoms with van der Waals surface area (Å²) in [5.41, 5.74) is 1.35. The van der Waals surface area contributed by atoms with Crippen molar-refractivity contribution in [3.8, 4) is 5.69 Å². The van der Waals surface area contributed by atoms with Gasteiger partial charge in [0.05, 0.1) is 11.3 Å². The molecule has 4 rings (SSSR count). The number of ether oxygens (including phenoxy) is 1. The summed E-state index contributed by atoms with van der Waals surface area (Å²) in [4.78, 5) is 16.1. The first kappa shape index (κ1) is 11.6. The third-order valence-electron chi connectivity index (χ3n) is 4.15. The molecule has 2 fully saturated rings. The molecule has 1 heterocycles. The molecule has 0 unspecified atom stereocenters. The molecule has 0 amide bonds. The summed E-state index contributed by atoms with van der Waals surface area (Å²) >= 11 is 0. The smallest absolute Gasteiger partial charge is 0.338 e. The van der Waals surface area contributed by atoms with Crippen LogP contribution < -0.4 is 0 Å². The highest BCUT2D eigenvalue weighted by Crippen LogP contribution is 2.56. The SMILES string of the molecule is O=C(OC1(C2CC2)CC1)c1ccc(-n2cncn2)cc1. The number of rotatable bonds is 4. The van der Waals surface area contributed by atoms with Crippen molar-refractivity contribution in [2.24, 2.45) is 5.92 Å². The fourth-order valence-corrected chi connectivity index (χ4v) is 2.66. The Bertz CT molecular complexity index is 626. The van der Waals surface area contributed by atoms with Crippen LogP contribution in [0.4, 0.5) is 0 Å². The normalized spacial score (nSPS) is 19.6. The predicted octanol–water partition coefficient (Wildman–Crippen LogP) is 2.37. The first-order chi connectivity index (χ1) is 9.77. The molecule has 2 aliphatic carbocycles. The van der Waals surface area contributed by atoms with Crippen LogP contribution in [0.15, 0.2) is 36.9 Å². The molecule has 2 saturated carbocycles. The Labute approximate surface area is 116 Å². The van der Waals surface area contributed by atoms with E-state index in [9.17, 15) is 4.79 Å². The first-order valence-electron chi connectivity index (χ1n) is 6.95. The van der Waals surface area contributed by atoms with Crippen molar-refractivity contribution in [1.82, 2.24) is 14.8 Å². The lowest BCUT2D eigenvalue weighted by Gasteiger charge is -2.15. The van der Waals surface area contributed by atoms with E-state index in [0.717, 1.165) is 18.5 Å². The van der Waals surface area contributed by atoms with Crippen LogP contribution in [0.5, 0.6) is 0 Å². The van der Waals surface area contributed by atoms with E-state index >= 15 is 0 Å². The molecular weight excluding hydrogens is 254 g/mol. The Morgan fingerprint density at radius 1 is 1.25 bits per heavy atom. The highest BCUT2D eigenvalue weighted by Gasteiger charge is 2.57. The van der Waals surface area contributed by atoms with Gasteiger partial charge in [0.2, 0.25) is 0 Å². The largest absolute Gasteiger partial charge is 0.455 e. The van der Waals surface area contributed by atoms with E-state index in [1.807, 2.05) is 12.1 Å². The van der Waals surface area contributed by atoms with Crippen molar-refractivity contribution >= 4 is 5.97 Å². The zero-order chi connectivity index (χ0) is 13.6. The van der Waals surface area contributed by atoms with Crippen LogP contribution in [0.2, 0.25) is 0 Å². The molecule has 5 heteroatoms. The van der Waals surface area contributed by atoms with Gasteiger partial charge in [-0.1, -0.05) is 0 Å². The van der Waals surface area contributed by atoms with Gasteiger partial charge in [0.25, 0.3) is 0 Å². The molecule has 0 aliphatic heterocycles. The molecule has 0 spiro atoms. The number of hydrogen-bond donors (Lipinski definition) is 0. The fourth-order valence-electron chi connectivity index (χ4n) is 2.66. The maximum Gasteiger partial charge on any atom is 0.338 e. The molecule has 1 aromatic heterocycles. The van der Waals surface area contributed by atoms with E-state index < -0.39 is 0 Å². The summed E-state index contributed by atoms with van der Waals surface area (Å²) in [6, 6.07) is 7.26. The minimum Gasteiger partial charge on any atom is -0.455 e. The van der Waals surface area contributed by atoms with Crippen molar-refractivity contribution in [3.05, 3.63) is 42.5 Å². The summed E-state index contributed by atoms with van der Waals surface area (Å²) < 4.78 is 7.37. The lowest BCUT2D eigenvalue weighted by Crippen LogP contribution is -2.21. The molecular formula is C15H15N3O2. The summed E-state index contributed by atoms with van der Waals surface area (Å²) in [5.74, 6) is 0.403. The van der Waals surface area contributed by atoms with Crippen molar-refractivity contribution in [3.63, 3.8) is 0 Å². The second-order valence-corrected chi connectivity index (χ2v) is 5.62. The summed E-state index contributed by atoms with van der Waals surface area (Å²) in [7, 11) is 0. The first-order valence-corrected chi connectivity index (χ1v) is 6.95. The molecule has 102 valence electrons. The van der Waals surface area contributed by atoms with Gasteiger partial charge in [-0.2, -0.15) is 5.10 Å². The van der Waals surface area contributed by atoms with Gasteiger partial charge in [-0.05, 0) is 55.9 Å². The van der Waals surface area contributed by atoms with E-state index in [1.165, 1.54) is 19.2 Å². The zero-order valence-electron chi connectivity index (χ0n) is 11.0. The molecule has 20 heavy (non-hydrogen) atoms. The van der Waals surface area contributed by atoms with Gasteiger partial charge in [0.1, 0.15) is 18.3 Å². The van der Waals surface area contributed by atoms with Gasteiger partial charge >= 0.3 is 5.97 Å². The average molecular weight is 269 g/mol. The molecule has 2 aromatic rings. The van der Waals surface area contributed by atoms with E-state index in [1.54, 1.807) is 23.1 Å². The number of aromatic nitrogens is 3. The van der Waals surface area contributed by atoms with E-state index in [4.69, 9.17) is 4.74 Å². The summed E-state index contributed by atoms with van der Waals surface area (Å²) in [5, 5.41) is 4.05. The van der Waals surface area contributed by atoms with Crippen LogP contribution in [-0.4, -0.2) is 26.3 Å². The van der Waals surface area contributed by atoms with Crippen LogP contribution in [-0.2, 0) is 4.74 Å². The number of benzene rings is 1. The Morgan fingerprint density at radius 2 is 2.00 bits per heavy atom. The fraction of sp³-hybridized carbons (Fsp3) is 0.400. The zero-order valence-corrected chi connectivity index (χ0v) is 11.0. The average Bonchev–Trinajstić information content (AvgIpc) is 3.39. The van der Waals surface area contributed by atoms with Gasteiger partial charge in [-0.3, -0.25) is 0 Å². The highest BCUT2D eigenvalue weighted by molar-refractivity contribution is 5.90. The maximum absolute atomic E-state index is 12.2. The molecule has 1 aromatic carbocycles. The van der Waals surface area contributed by atoms with E-state index in [0.29, 0.717) is 11.5 Å². The number of carbonyl (C=O) groups is 1. The van der Waals surface area contributed by atoms with Crippen LogP contribution >= 0.6 is 0 Å². The van der Waals surface area contributed by atoms with Crippen molar-refractivity contribution in [2.75, 3.05) is 0 Å². The van der Waals surface area contributed by atoms with Gasteiger partial charge in [0, 0.05) is 0 Å². The molecule has 0 radical (unpaired) electrons. The molecule has 0 atom stereocenters. The highest BCUT2D eigenvalue weighted by atomic mass is 16.6. The number of nitrogens with zero attached hydrogens (tertiary/aromatic N) is 3. The Hall–Kier alpha value is -2.17. The van der Waals surface area contributed by atoms with Crippen LogP contribution in [0, 0.1) is 5.92 Å². The molecule has 0 bridgehead atoms. The van der Waals surface area contributed by atoms with Crippen molar-refractivity contribution in [2.45, 2.75) is 31.3 Å². The second-order valence-electron chi connectivity index (χ2n) is 5.62. The van der Waals surface area contributed by atoms with Crippen LogP contribution in [0.3, 0.4) is 0 Å². The quantitative estimate of drug-likeness (QED) is 0.799. The van der Waals surface area contributed by atoms with Crippen LogP contribution in [0.1, 0.15) is 36.0 Å². The standard InChI is InChI=1S/C15H15N3O2/c19-14(20-15(7-8-15)12-3-4-12)11-1-5-13(6-2-11)18-10-16-9-17-18/h1-2,5-6,9-10,12H,3-4,7-8H2. The minimum atomic E-state index is -0.209. The third-order valence-corrected chi connectivity index (χ3v) is 4.15. The van der Waals surface area contributed by atoms with Crippen LogP contribution in [0.25, 0.3) is 5.69 Å².